The molecule has 1 heterocycles. The largest absolute Gasteiger partial charge is 0.477 e. The molecule has 3 nitrogen and oxygen atoms in total. The van der Waals surface area contributed by atoms with E-state index < -0.39 is 18.6 Å². The van der Waals surface area contributed by atoms with Crippen molar-refractivity contribution in [3.8, 4) is 0 Å². The predicted octanol–water partition coefficient (Wildman–Crippen LogP) is 2.83. The molecule has 0 radical (unpaired) electrons. The van der Waals surface area contributed by atoms with Crippen molar-refractivity contribution in [2.75, 3.05) is 18.5 Å². The van der Waals surface area contributed by atoms with Gasteiger partial charge in [0, 0.05) is 13.6 Å². The summed E-state index contributed by atoms with van der Waals surface area (Å²) in [6.07, 6.45) is -5.11. The molecule has 16 heavy (non-hydrogen) atoms. The Bertz CT molecular complexity index is 375. The van der Waals surface area contributed by atoms with E-state index in [1.54, 1.807) is 0 Å². The Morgan fingerprint density at radius 2 is 2.12 bits per heavy atom. The van der Waals surface area contributed by atoms with Crippen molar-refractivity contribution >= 4 is 22.3 Å². The van der Waals surface area contributed by atoms with Gasteiger partial charge in [-0.1, -0.05) is 0 Å². The predicted molar refractivity (Wildman–Crippen MR) is 55.2 cm³/mol. The molecule has 1 N–H and O–H groups in total. The van der Waals surface area contributed by atoms with Gasteiger partial charge < -0.3 is 10.0 Å². The molecule has 0 aliphatic carbocycles. The van der Waals surface area contributed by atoms with Gasteiger partial charge in [-0.2, -0.15) is 13.2 Å². The second-order valence-corrected chi connectivity index (χ2v) is 4.29. The van der Waals surface area contributed by atoms with Crippen LogP contribution in [0.15, 0.2) is 12.1 Å². The Balaban J connectivity index is 2.59. The zero-order valence-electron chi connectivity index (χ0n) is 8.41. The third kappa shape index (κ3) is 3.73. The van der Waals surface area contributed by atoms with Crippen molar-refractivity contribution in [1.29, 1.82) is 0 Å². The van der Waals surface area contributed by atoms with E-state index in [9.17, 15) is 18.0 Å². The molecule has 0 bridgehead atoms. The summed E-state index contributed by atoms with van der Waals surface area (Å²) in [4.78, 5) is 12.1. The lowest BCUT2D eigenvalue weighted by atomic mass is 10.4. The number of hydrogen-bond donors (Lipinski definition) is 1. The molecule has 1 aromatic rings. The van der Waals surface area contributed by atoms with Crippen LogP contribution in [-0.2, 0) is 0 Å². The molecule has 0 saturated heterocycles. The van der Waals surface area contributed by atoms with Crippen molar-refractivity contribution < 1.29 is 23.1 Å². The molecular weight excluding hydrogens is 243 g/mol. The molecule has 0 unspecified atom stereocenters. The summed E-state index contributed by atoms with van der Waals surface area (Å²) in [5, 5.41) is 9.17. The summed E-state index contributed by atoms with van der Waals surface area (Å²) in [5.74, 6) is -1.07. The average Bonchev–Trinajstić information content (AvgIpc) is 2.61. The Morgan fingerprint density at radius 1 is 1.50 bits per heavy atom. The summed E-state index contributed by atoms with van der Waals surface area (Å²) in [6.45, 7) is -0.178. The smallest absolute Gasteiger partial charge is 0.390 e. The van der Waals surface area contributed by atoms with E-state index in [-0.39, 0.29) is 11.4 Å². The molecule has 7 heteroatoms. The number of anilines is 1. The molecule has 0 aromatic carbocycles. The highest BCUT2D eigenvalue weighted by Gasteiger charge is 2.27. The van der Waals surface area contributed by atoms with Gasteiger partial charge in [-0.25, -0.2) is 4.79 Å². The van der Waals surface area contributed by atoms with Gasteiger partial charge in [0.2, 0.25) is 0 Å². The zero-order chi connectivity index (χ0) is 12.3. The van der Waals surface area contributed by atoms with Crippen LogP contribution < -0.4 is 4.90 Å². The minimum absolute atomic E-state index is 0.119. The van der Waals surface area contributed by atoms with Gasteiger partial charge in [0.25, 0.3) is 0 Å². The first-order valence-corrected chi connectivity index (χ1v) is 5.22. The minimum Gasteiger partial charge on any atom is -0.477 e. The molecule has 90 valence electrons. The fourth-order valence-corrected chi connectivity index (χ4v) is 1.88. The number of carboxylic acid groups (broad SMARTS) is 1. The van der Waals surface area contributed by atoms with Gasteiger partial charge in [-0.3, -0.25) is 0 Å². The molecule has 0 atom stereocenters. The monoisotopic (exact) mass is 253 g/mol. The van der Waals surface area contributed by atoms with Gasteiger partial charge in [-0.05, 0) is 12.1 Å². The van der Waals surface area contributed by atoms with Crippen molar-refractivity contribution in [3.05, 3.63) is 17.0 Å². The molecule has 0 amide bonds. The number of hydrogen-bond acceptors (Lipinski definition) is 3. The van der Waals surface area contributed by atoms with Crippen LogP contribution in [0, 0.1) is 0 Å². The Morgan fingerprint density at radius 3 is 2.56 bits per heavy atom. The number of halogens is 3. The lowest BCUT2D eigenvalue weighted by Crippen LogP contribution is -2.23. The summed E-state index contributed by atoms with van der Waals surface area (Å²) in [7, 11) is 1.50. The van der Waals surface area contributed by atoms with Crippen LogP contribution in [0.3, 0.4) is 0 Å². The van der Waals surface area contributed by atoms with E-state index >= 15 is 0 Å². The molecule has 1 aromatic heterocycles. The van der Waals surface area contributed by atoms with Crippen molar-refractivity contribution in [2.45, 2.75) is 12.6 Å². The second kappa shape index (κ2) is 4.73. The van der Waals surface area contributed by atoms with E-state index in [1.165, 1.54) is 24.1 Å². The number of rotatable bonds is 4. The lowest BCUT2D eigenvalue weighted by Gasteiger charge is -2.17. The Kier molecular flexibility index (Phi) is 3.79. The molecule has 0 fully saturated rings. The van der Waals surface area contributed by atoms with Gasteiger partial charge in [0.05, 0.1) is 11.4 Å². The highest BCUT2D eigenvalue weighted by atomic mass is 32.1. The molecule has 1 rings (SSSR count). The maximum atomic E-state index is 11.9. The number of carbonyl (C=O) groups is 1. The van der Waals surface area contributed by atoms with Crippen molar-refractivity contribution in [2.24, 2.45) is 0 Å². The second-order valence-electron chi connectivity index (χ2n) is 3.23. The minimum atomic E-state index is -4.19. The molecule has 0 aliphatic rings. The van der Waals surface area contributed by atoms with Gasteiger partial charge >= 0.3 is 12.1 Å². The van der Waals surface area contributed by atoms with Crippen molar-refractivity contribution in [1.82, 2.24) is 0 Å². The van der Waals surface area contributed by atoms with E-state index in [2.05, 4.69) is 0 Å². The summed E-state index contributed by atoms with van der Waals surface area (Å²) < 4.78 is 35.8. The number of alkyl halides is 3. The van der Waals surface area contributed by atoms with E-state index in [0.717, 1.165) is 11.3 Å². The topological polar surface area (TPSA) is 40.5 Å². The third-order valence-corrected chi connectivity index (χ3v) is 3.10. The number of aromatic carboxylic acids is 1. The molecule has 0 saturated carbocycles. The lowest BCUT2D eigenvalue weighted by molar-refractivity contribution is -0.132. The number of carboxylic acids is 1. The average molecular weight is 253 g/mol. The third-order valence-electron chi connectivity index (χ3n) is 1.91. The molecule has 0 spiro atoms. The highest BCUT2D eigenvalue weighted by molar-refractivity contribution is 7.17. The number of nitrogens with zero attached hydrogens (tertiary/aromatic N) is 1. The molecule has 0 aliphatic heterocycles. The van der Waals surface area contributed by atoms with Crippen LogP contribution in [0.4, 0.5) is 18.2 Å². The fraction of sp³-hybridized carbons (Fsp3) is 0.444. The van der Waals surface area contributed by atoms with Crippen LogP contribution in [0.25, 0.3) is 0 Å². The van der Waals surface area contributed by atoms with Crippen molar-refractivity contribution in [3.63, 3.8) is 0 Å². The van der Waals surface area contributed by atoms with Crippen LogP contribution >= 0.6 is 11.3 Å². The summed E-state index contributed by atoms with van der Waals surface area (Å²) in [5.41, 5.74) is 0. The standard InChI is InChI=1S/C9H10F3NO2S/c1-13(5-4-9(10,11)12)7-3-2-6(16-7)8(14)15/h2-3H,4-5H2,1H3,(H,14,15). The van der Waals surface area contributed by atoms with Gasteiger partial charge in [-0.15, -0.1) is 11.3 Å². The quantitative estimate of drug-likeness (QED) is 0.897. The first kappa shape index (κ1) is 12.8. The highest BCUT2D eigenvalue weighted by Crippen LogP contribution is 2.27. The first-order valence-electron chi connectivity index (χ1n) is 4.40. The zero-order valence-corrected chi connectivity index (χ0v) is 9.23. The Labute approximate surface area is 94.1 Å². The van der Waals surface area contributed by atoms with Crippen LogP contribution in [-0.4, -0.2) is 30.8 Å². The summed E-state index contributed by atoms with van der Waals surface area (Å²) >= 11 is 0.959. The van der Waals surface area contributed by atoms with Crippen LogP contribution in [0.1, 0.15) is 16.1 Å². The SMILES string of the molecule is CN(CCC(F)(F)F)c1ccc(C(=O)O)s1. The van der Waals surface area contributed by atoms with Gasteiger partial charge in [0.15, 0.2) is 0 Å². The fourth-order valence-electron chi connectivity index (χ4n) is 1.05. The number of thiophene rings is 1. The normalized spacial score (nSPS) is 11.5. The maximum Gasteiger partial charge on any atom is 0.390 e. The van der Waals surface area contributed by atoms with E-state index in [4.69, 9.17) is 5.11 Å². The molecular formula is C9H10F3NO2S. The maximum absolute atomic E-state index is 11.9. The van der Waals surface area contributed by atoms with E-state index in [0.29, 0.717) is 5.00 Å². The van der Waals surface area contributed by atoms with Crippen LogP contribution in [0.2, 0.25) is 0 Å². The Hall–Kier alpha value is -1.24. The first-order chi connectivity index (χ1) is 7.29. The van der Waals surface area contributed by atoms with E-state index in [1.807, 2.05) is 0 Å². The summed E-state index contributed by atoms with van der Waals surface area (Å²) in [6, 6.07) is 2.89. The van der Waals surface area contributed by atoms with Gasteiger partial charge in [0.1, 0.15) is 4.88 Å². The van der Waals surface area contributed by atoms with Crippen LogP contribution in [0.5, 0.6) is 0 Å².